The zero-order valence-electron chi connectivity index (χ0n) is 16.6. The van der Waals surface area contributed by atoms with Gasteiger partial charge in [-0.15, -0.1) is 14.8 Å². The molecule has 0 spiro atoms. The number of piperidine rings is 1. The Bertz CT molecular complexity index is 1200. The van der Waals surface area contributed by atoms with Gasteiger partial charge >= 0.3 is 0 Å². The van der Waals surface area contributed by atoms with Gasteiger partial charge in [0.25, 0.3) is 0 Å². The lowest BCUT2D eigenvalue weighted by Crippen LogP contribution is -2.40. The number of hydrogen-bond donors (Lipinski definition) is 1. The Morgan fingerprint density at radius 2 is 1.90 bits per heavy atom. The number of amides is 1. The van der Waals surface area contributed by atoms with Crippen molar-refractivity contribution in [2.24, 2.45) is 5.92 Å². The predicted molar refractivity (Wildman–Crippen MR) is 117 cm³/mol. The molecule has 0 bridgehead atoms. The van der Waals surface area contributed by atoms with Crippen LogP contribution in [0.2, 0.25) is 0 Å². The van der Waals surface area contributed by atoms with Crippen LogP contribution in [0.4, 0.5) is 5.82 Å². The molecule has 4 heterocycles. The van der Waals surface area contributed by atoms with Gasteiger partial charge in [0.15, 0.2) is 11.5 Å². The van der Waals surface area contributed by atoms with Crippen LogP contribution in [-0.2, 0) is 11.3 Å². The van der Waals surface area contributed by atoms with Crippen LogP contribution in [0.15, 0.2) is 57.4 Å². The number of furan rings is 1. The number of carbonyl (C=O) groups excluding carboxylic acids is 1. The Hall–Kier alpha value is -3.27. The van der Waals surface area contributed by atoms with E-state index in [1.54, 1.807) is 0 Å². The van der Waals surface area contributed by atoms with Crippen LogP contribution < -0.4 is 10.2 Å². The lowest BCUT2D eigenvalue weighted by molar-refractivity contribution is -0.125. The summed E-state index contributed by atoms with van der Waals surface area (Å²) in [5, 5.41) is 18.8. The lowest BCUT2D eigenvalue weighted by Gasteiger charge is -2.31. The first-order chi connectivity index (χ1) is 15.2. The number of nitrogens with zero attached hydrogens (tertiary/aromatic N) is 6. The summed E-state index contributed by atoms with van der Waals surface area (Å²) in [5.41, 5.74) is 1.61. The van der Waals surface area contributed by atoms with E-state index in [0.29, 0.717) is 12.2 Å². The molecule has 10 heteroatoms. The van der Waals surface area contributed by atoms with E-state index in [2.05, 4.69) is 46.8 Å². The Labute approximate surface area is 186 Å². The van der Waals surface area contributed by atoms with Crippen molar-refractivity contribution in [3.63, 3.8) is 0 Å². The Morgan fingerprint density at radius 1 is 1.10 bits per heavy atom. The third-order valence-electron chi connectivity index (χ3n) is 5.47. The van der Waals surface area contributed by atoms with E-state index >= 15 is 0 Å². The van der Waals surface area contributed by atoms with Gasteiger partial charge in [-0.05, 0) is 59.7 Å². The first-order valence-electron chi connectivity index (χ1n) is 10.1. The van der Waals surface area contributed by atoms with Crippen molar-refractivity contribution in [3.05, 3.63) is 58.8 Å². The molecule has 9 nitrogen and oxygen atoms in total. The molecule has 0 unspecified atom stereocenters. The number of hydrogen-bond acceptors (Lipinski definition) is 7. The molecule has 0 atom stereocenters. The molecule has 0 aliphatic carbocycles. The number of tetrazole rings is 1. The number of benzene rings is 1. The summed E-state index contributed by atoms with van der Waals surface area (Å²) in [4.78, 5) is 14.8. The van der Waals surface area contributed by atoms with E-state index in [1.807, 2.05) is 48.5 Å². The molecule has 158 valence electrons. The number of carbonyl (C=O) groups is 1. The monoisotopic (exact) mass is 481 g/mol. The highest BCUT2D eigenvalue weighted by molar-refractivity contribution is 9.10. The van der Waals surface area contributed by atoms with Crippen LogP contribution in [0.3, 0.4) is 0 Å². The van der Waals surface area contributed by atoms with Crippen LogP contribution >= 0.6 is 15.9 Å². The van der Waals surface area contributed by atoms with Gasteiger partial charge in [-0.2, -0.15) is 0 Å². The van der Waals surface area contributed by atoms with Crippen molar-refractivity contribution in [1.82, 2.24) is 30.6 Å². The fraction of sp³-hybridized carbons (Fsp3) is 0.286. The molecule has 1 aliphatic rings. The van der Waals surface area contributed by atoms with Gasteiger partial charge in [-0.25, -0.2) is 0 Å². The summed E-state index contributed by atoms with van der Waals surface area (Å²) in [5.74, 6) is 2.38. The zero-order chi connectivity index (χ0) is 21.2. The number of nitrogens with one attached hydrogen (secondary N) is 1. The zero-order valence-corrected chi connectivity index (χ0v) is 18.2. The van der Waals surface area contributed by atoms with E-state index < -0.39 is 0 Å². The molecular weight excluding hydrogens is 462 g/mol. The Balaban J connectivity index is 1.14. The number of rotatable bonds is 5. The maximum absolute atomic E-state index is 12.6. The summed E-state index contributed by atoms with van der Waals surface area (Å²) >= 11 is 3.43. The Morgan fingerprint density at radius 3 is 2.71 bits per heavy atom. The maximum atomic E-state index is 12.6. The molecule has 3 aromatic heterocycles. The van der Waals surface area contributed by atoms with Crippen molar-refractivity contribution >= 4 is 33.3 Å². The average Bonchev–Trinajstić information content (AvgIpc) is 3.47. The third kappa shape index (κ3) is 4.29. The van der Waals surface area contributed by atoms with E-state index in [1.165, 1.54) is 4.63 Å². The number of aromatic nitrogens is 5. The summed E-state index contributed by atoms with van der Waals surface area (Å²) in [6.07, 6.45) is 1.53. The molecule has 1 aromatic carbocycles. The molecule has 1 fully saturated rings. The van der Waals surface area contributed by atoms with Gasteiger partial charge in [0, 0.05) is 29.0 Å². The SMILES string of the molecule is O=C(NCc1ccc(-c2ccc(Br)cc2)o1)C1CCN(c2ccc3nnnn3n2)CC1. The van der Waals surface area contributed by atoms with Crippen molar-refractivity contribution < 1.29 is 9.21 Å². The second-order valence-corrected chi connectivity index (χ2v) is 8.39. The smallest absolute Gasteiger partial charge is 0.223 e. The van der Waals surface area contributed by atoms with Crippen LogP contribution in [0.5, 0.6) is 0 Å². The van der Waals surface area contributed by atoms with Gasteiger partial charge < -0.3 is 14.6 Å². The minimum Gasteiger partial charge on any atom is -0.459 e. The van der Waals surface area contributed by atoms with Crippen LogP contribution in [0, 0.1) is 5.92 Å². The molecule has 0 radical (unpaired) electrons. The van der Waals surface area contributed by atoms with Crippen molar-refractivity contribution in [2.75, 3.05) is 18.0 Å². The topological polar surface area (TPSA) is 101 Å². The van der Waals surface area contributed by atoms with Crippen molar-refractivity contribution in [1.29, 1.82) is 0 Å². The van der Waals surface area contributed by atoms with Gasteiger partial charge in [0.1, 0.15) is 11.5 Å². The maximum Gasteiger partial charge on any atom is 0.223 e. The molecular formula is C21H20BrN7O2. The molecule has 1 saturated heterocycles. The normalized spacial score (nSPS) is 14.8. The first kappa shape index (κ1) is 19.7. The second kappa shape index (κ2) is 8.46. The fourth-order valence-electron chi connectivity index (χ4n) is 3.74. The molecule has 4 aromatic rings. The fourth-order valence-corrected chi connectivity index (χ4v) is 4.00. The first-order valence-corrected chi connectivity index (χ1v) is 10.9. The number of fused-ring (bicyclic) bond motifs is 1. The molecule has 1 N–H and O–H groups in total. The summed E-state index contributed by atoms with van der Waals surface area (Å²) in [7, 11) is 0. The quantitative estimate of drug-likeness (QED) is 0.467. The van der Waals surface area contributed by atoms with Crippen LogP contribution in [0.25, 0.3) is 17.0 Å². The standard InChI is InChI=1S/C21H20BrN7O2/c22-16-3-1-14(2-4-16)18-6-5-17(31-18)13-23-21(30)15-9-11-28(12-10-15)20-8-7-19-24-26-27-29(19)25-20/h1-8,15H,9-13H2,(H,23,30). The minimum absolute atomic E-state index is 0.0195. The van der Waals surface area contributed by atoms with E-state index in [9.17, 15) is 4.79 Å². The van der Waals surface area contributed by atoms with Gasteiger partial charge in [0.2, 0.25) is 5.91 Å². The highest BCUT2D eigenvalue weighted by Crippen LogP contribution is 2.25. The molecule has 31 heavy (non-hydrogen) atoms. The molecule has 5 rings (SSSR count). The summed E-state index contributed by atoms with van der Waals surface area (Å²) in [6, 6.07) is 15.5. The van der Waals surface area contributed by atoms with Crippen LogP contribution in [-0.4, -0.2) is 44.3 Å². The third-order valence-corrected chi connectivity index (χ3v) is 6.00. The van der Waals surface area contributed by atoms with E-state index in [4.69, 9.17) is 4.42 Å². The predicted octanol–water partition coefficient (Wildman–Crippen LogP) is 3.07. The van der Waals surface area contributed by atoms with Crippen molar-refractivity contribution in [3.8, 4) is 11.3 Å². The van der Waals surface area contributed by atoms with Gasteiger partial charge in [-0.1, -0.05) is 28.1 Å². The highest BCUT2D eigenvalue weighted by atomic mass is 79.9. The average molecular weight is 482 g/mol. The lowest BCUT2D eigenvalue weighted by atomic mass is 9.96. The number of halogens is 1. The van der Waals surface area contributed by atoms with Gasteiger partial charge in [0.05, 0.1) is 6.54 Å². The van der Waals surface area contributed by atoms with E-state index in [0.717, 1.165) is 53.3 Å². The molecule has 0 saturated carbocycles. The molecule has 1 amide bonds. The van der Waals surface area contributed by atoms with Gasteiger partial charge in [-0.3, -0.25) is 4.79 Å². The summed E-state index contributed by atoms with van der Waals surface area (Å²) in [6.45, 7) is 1.90. The number of anilines is 1. The summed E-state index contributed by atoms with van der Waals surface area (Å²) < 4.78 is 8.32. The van der Waals surface area contributed by atoms with E-state index in [-0.39, 0.29) is 11.8 Å². The highest BCUT2D eigenvalue weighted by Gasteiger charge is 2.26. The van der Waals surface area contributed by atoms with Crippen LogP contribution in [0.1, 0.15) is 18.6 Å². The molecule has 1 aliphatic heterocycles. The second-order valence-electron chi connectivity index (χ2n) is 7.47. The van der Waals surface area contributed by atoms with Crippen molar-refractivity contribution in [2.45, 2.75) is 19.4 Å². The minimum atomic E-state index is -0.0195. The largest absolute Gasteiger partial charge is 0.459 e. The Kier molecular flexibility index (Phi) is 5.37.